The van der Waals surface area contributed by atoms with Gasteiger partial charge in [0, 0.05) is 5.41 Å². The molecule has 0 radical (unpaired) electrons. The third-order valence-electron chi connectivity index (χ3n) is 5.46. The van der Waals surface area contributed by atoms with Crippen molar-refractivity contribution in [2.45, 2.75) is 65.6 Å². The molecule has 4 unspecified atom stereocenters. The third-order valence-corrected chi connectivity index (χ3v) is 12.5. The van der Waals surface area contributed by atoms with Gasteiger partial charge in [-0.05, 0) is 159 Å². The summed E-state index contributed by atoms with van der Waals surface area (Å²) in [5.41, 5.74) is 1.96. The van der Waals surface area contributed by atoms with Crippen molar-refractivity contribution in [3.8, 4) is 11.5 Å². The standard InChI is InChI=1S/C23H24Br8O2/c1-11(24)22(5,30)32-19-15(26)7-13(8-16(19)27)21(3,4)14-9-17(28)20(18(29)10-14)33-23(6,31)12(2)25/h7-12H,1-6H3. The van der Waals surface area contributed by atoms with Crippen LogP contribution in [0.3, 0.4) is 0 Å². The molecular weight excluding hydrogens is 947 g/mol. The largest absolute Gasteiger partial charge is 0.473 e. The van der Waals surface area contributed by atoms with E-state index in [1.165, 1.54) is 0 Å². The van der Waals surface area contributed by atoms with Crippen molar-refractivity contribution in [2.75, 3.05) is 0 Å². The quantitative estimate of drug-likeness (QED) is 0.246. The van der Waals surface area contributed by atoms with E-state index < -0.39 is 9.02 Å². The van der Waals surface area contributed by atoms with Crippen LogP contribution in [-0.4, -0.2) is 18.7 Å². The molecule has 10 heteroatoms. The predicted molar refractivity (Wildman–Crippen MR) is 169 cm³/mol. The lowest BCUT2D eigenvalue weighted by Crippen LogP contribution is -2.33. The molecule has 0 aromatic heterocycles. The number of halogens is 8. The van der Waals surface area contributed by atoms with Gasteiger partial charge in [0.05, 0.1) is 27.5 Å². The van der Waals surface area contributed by atoms with Gasteiger partial charge in [-0.15, -0.1) is 0 Å². The van der Waals surface area contributed by atoms with Crippen molar-refractivity contribution in [2.24, 2.45) is 0 Å². The maximum absolute atomic E-state index is 6.25. The molecule has 2 rings (SSSR count). The van der Waals surface area contributed by atoms with E-state index in [0.717, 1.165) is 40.5 Å². The summed E-state index contributed by atoms with van der Waals surface area (Å²) in [5.74, 6) is 1.48. The van der Waals surface area contributed by atoms with Gasteiger partial charge in [0.2, 0.25) is 0 Å². The minimum atomic E-state index is -0.558. The van der Waals surface area contributed by atoms with E-state index in [4.69, 9.17) is 9.47 Å². The fourth-order valence-corrected chi connectivity index (χ4v) is 5.97. The highest BCUT2D eigenvalue weighted by Gasteiger charge is 2.33. The van der Waals surface area contributed by atoms with Crippen LogP contribution in [0, 0.1) is 0 Å². The molecule has 0 aliphatic heterocycles. The van der Waals surface area contributed by atoms with Gasteiger partial charge < -0.3 is 9.47 Å². The van der Waals surface area contributed by atoms with E-state index in [1.807, 2.05) is 27.7 Å². The van der Waals surface area contributed by atoms with Crippen LogP contribution in [-0.2, 0) is 5.41 Å². The first kappa shape index (κ1) is 31.1. The minimum absolute atomic E-state index is 0.101. The van der Waals surface area contributed by atoms with Crippen LogP contribution in [0.15, 0.2) is 42.2 Å². The Bertz CT molecular complexity index is 890. The maximum Gasteiger partial charge on any atom is 0.172 e. The highest BCUT2D eigenvalue weighted by Crippen LogP contribution is 2.46. The van der Waals surface area contributed by atoms with Gasteiger partial charge in [-0.25, -0.2) is 0 Å². The number of benzene rings is 2. The number of alkyl halides is 4. The van der Waals surface area contributed by atoms with E-state index in [1.54, 1.807) is 0 Å². The summed E-state index contributed by atoms with van der Waals surface area (Å²) in [6.07, 6.45) is 0. The molecule has 0 N–H and O–H groups in total. The Hall–Kier alpha value is 1.88. The van der Waals surface area contributed by atoms with Gasteiger partial charge in [-0.2, -0.15) is 0 Å². The molecule has 2 aromatic rings. The molecule has 0 aliphatic rings. The Kier molecular flexibility index (Phi) is 11.1. The van der Waals surface area contributed by atoms with Gasteiger partial charge in [-0.3, -0.25) is 0 Å². The molecule has 33 heavy (non-hydrogen) atoms. The van der Waals surface area contributed by atoms with Gasteiger partial charge >= 0.3 is 0 Å². The molecule has 0 saturated carbocycles. The first-order valence-electron chi connectivity index (χ1n) is 9.93. The van der Waals surface area contributed by atoms with E-state index in [2.05, 4.69) is 166 Å². The van der Waals surface area contributed by atoms with Crippen molar-refractivity contribution >= 4 is 127 Å². The number of ether oxygens (including phenoxy) is 2. The van der Waals surface area contributed by atoms with Crippen LogP contribution >= 0.6 is 127 Å². The fraction of sp³-hybridized carbons (Fsp3) is 0.478. The lowest BCUT2D eigenvalue weighted by atomic mass is 9.78. The molecule has 4 atom stereocenters. The number of rotatable bonds is 8. The van der Waals surface area contributed by atoms with Crippen LogP contribution in [0.2, 0.25) is 0 Å². The molecule has 0 bridgehead atoms. The molecule has 0 saturated heterocycles. The summed E-state index contributed by atoms with van der Waals surface area (Å²) < 4.78 is 14.9. The summed E-state index contributed by atoms with van der Waals surface area (Å²) in [5, 5.41) is 0. The Morgan fingerprint density at radius 1 is 0.606 bits per heavy atom. The lowest BCUT2D eigenvalue weighted by molar-refractivity contribution is 0.194. The summed E-state index contributed by atoms with van der Waals surface area (Å²) in [6, 6.07) is 8.43. The molecule has 2 aromatic carbocycles. The van der Waals surface area contributed by atoms with E-state index >= 15 is 0 Å². The second-order valence-corrected chi connectivity index (χ2v) is 17.9. The summed E-state index contributed by atoms with van der Waals surface area (Å²) in [4.78, 5) is 0.202. The van der Waals surface area contributed by atoms with Gasteiger partial charge in [0.25, 0.3) is 0 Å². The van der Waals surface area contributed by atoms with Crippen molar-refractivity contribution in [3.05, 3.63) is 53.3 Å². The third kappa shape index (κ3) is 7.47. The molecule has 0 aliphatic carbocycles. The normalized spacial score (nSPS) is 17.6. The minimum Gasteiger partial charge on any atom is -0.473 e. The van der Waals surface area contributed by atoms with Gasteiger partial charge in [0.1, 0.15) is 11.5 Å². The molecule has 0 spiro atoms. The average molecular weight is 972 g/mol. The van der Waals surface area contributed by atoms with Crippen LogP contribution in [0.5, 0.6) is 11.5 Å². The molecule has 184 valence electrons. The Balaban J connectivity index is 2.48. The predicted octanol–water partition coefficient (Wildman–Crippen LogP) is 11.6. The van der Waals surface area contributed by atoms with Crippen LogP contribution in [0.25, 0.3) is 0 Å². The Morgan fingerprint density at radius 3 is 1.06 bits per heavy atom. The summed E-state index contributed by atoms with van der Waals surface area (Å²) >= 11 is 29.4. The molecular formula is C23H24Br8O2. The monoisotopic (exact) mass is 964 g/mol. The van der Waals surface area contributed by atoms with E-state index in [9.17, 15) is 0 Å². The average Bonchev–Trinajstić information content (AvgIpc) is 2.66. The SMILES string of the molecule is CC(Br)C(C)(Br)Oc1c(Br)cc(C(C)(C)c2cc(Br)c(OC(C)(Br)C(C)Br)c(Br)c2)cc1Br. The number of hydrogen-bond acceptors (Lipinski definition) is 2. The molecule has 0 fully saturated rings. The zero-order valence-electron chi connectivity index (χ0n) is 18.8. The van der Waals surface area contributed by atoms with Gasteiger partial charge in [-0.1, -0.05) is 45.7 Å². The summed E-state index contributed by atoms with van der Waals surface area (Å²) in [6.45, 7) is 12.4. The van der Waals surface area contributed by atoms with Crippen molar-refractivity contribution < 1.29 is 9.47 Å². The smallest absolute Gasteiger partial charge is 0.172 e. The van der Waals surface area contributed by atoms with Crippen molar-refractivity contribution in [1.29, 1.82) is 0 Å². The van der Waals surface area contributed by atoms with E-state index in [-0.39, 0.29) is 15.1 Å². The molecule has 0 heterocycles. The van der Waals surface area contributed by atoms with E-state index in [0.29, 0.717) is 0 Å². The van der Waals surface area contributed by atoms with Crippen LogP contribution in [0.4, 0.5) is 0 Å². The zero-order valence-corrected chi connectivity index (χ0v) is 31.5. The highest BCUT2D eigenvalue weighted by atomic mass is 79.9. The zero-order chi connectivity index (χ0) is 25.5. The topological polar surface area (TPSA) is 18.5 Å². The lowest BCUT2D eigenvalue weighted by Gasteiger charge is -2.32. The maximum atomic E-state index is 6.25. The first-order valence-corrected chi connectivity index (χ1v) is 16.5. The highest BCUT2D eigenvalue weighted by molar-refractivity contribution is 9.13. The summed E-state index contributed by atoms with van der Waals surface area (Å²) in [7, 11) is 0. The fourth-order valence-electron chi connectivity index (χ4n) is 2.76. The van der Waals surface area contributed by atoms with Crippen LogP contribution < -0.4 is 9.47 Å². The van der Waals surface area contributed by atoms with Crippen molar-refractivity contribution in [1.82, 2.24) is 0 Å². The Labute approximate surface area is 264 Å². The number of hydrogen-bond donors (Lipinski definition) is 0. The second kappa shape index (κ2) is 11.7. The molecule has 2 nitrogen and oxygen atoms in total. The van der Waals surface area contributed by atoms with Gasteiger partial charge in [0.15, 0.2) is 9.02 Å². The second-order valence-electron chi connectivity index (χ2n) is 8.57. The Morgan fingerprint density at radius 2 is 0.848 bits per heavy atom. The first-order chi connectivity index (χ1) is 14.9. The van der Waals surface area contributed by atoms with Crippen molar-refractivity contribution in [3.63, 3.8) is 0 Å². The molecule has 0 amide bonds. The van der Waals surface area contributed by atoms with Crippen LogP contribution in [0.1, 0.15) is 52.7 Å².